The van der Waals surface area contributed by atoms with Gasteiger partial charge in [-0.15, -0.1) is 0 Å². The average Bonchev–Trinajstić information content (AvgIpc) is 2.59. The first-order chi connectivity index (χ1) is 7.47. The minimum absolute atomic E-state index is 0.271. The first-order valence-electron chi connectivity index (χ1n) is 4.56. The number of hydrogen-bond donors (Lipinski definition) is 2. The molecular formula is C8H12FN3O4. The summed E-state index contributed by atoms with van der Waals surface area (Å²) in [7, 11) is 0. The number of aryl methyl sites for hydroxylation is 1. The van der Waals surface area contributed by atoms with E-state index in [1.165, 1.54) is 6.92 Å². The lowest BCUT2D eigenvalue weighted by Gasteiger charge is -2.13. The molecule has 1 aromatic heterocycles. The van der Waals surface area contributed by atoms with Crippen LogP contribution in [-0.4, -0.2) is 43.6 Å². The molecule has 16 heavy (non-hydrogen) atoms. The van der Waals surface area contributed by atoms with Crippen LogP contribution < -0.4 is 0 Å². The minimum atomic E-state index is -1.55. The van der Waals surface area contributed by atoms with Gasteiger partial charge < -0.3 is 20.3 Å². The molecule has 8 heteroatoms. The quantitative estimate of drug-likeness (QED) is 0.540. The van der Waals surface area contributed by atoms with Crippen LogP contribution in [0.3, 0.4) is 0 Å². The lowest BCUT2D eigenvalue weighted by atomic mass is 10.2. The Kier molecular flexibility index (Phi) is 3.91. The molecule has 0 bridgehead atoms. The van der Waals surface area contributed by atoms with Crippen LogP contribution in [-0.2, 0) is 6.54 Å². The fraction of sp³-hybridized carbons (Fsp3) is 0.625. The second-order valence-electron chi connectivity index (χ2n) is 3.32. The van der Waals surface area contributed by atoms with E-state index in [1.807, 2.05) is 0 Å². The van der Waals surface area contributed by atoms with E-state index in [0.29, 0.717) is 5.82 Å². The second kappa shape index (κ2) is 4.99. The molecule has 2 atom stereocenters. The summed E-state index contributed by atoms with van der Waals surface area (Å²) in [6.45, 7) is 0.136. The van der Waals surface area contributed by atoms with Crippen LogP contribution in [0, 0.1) is 17.0 Å². The number of aliphatic hydroxyl groups excluding tert-OH is 2. The highest BCUT2D eigenvalue weighted by atomic mass is 18.2. The van der Waals surface area contributed by atoms with Crippen molar-refractivity contribution < 1.29 is 19.5 Å². The van der Waals surface area contributed by atoms with Crippen LogP contribution in [0.25, 0.3) is 0 Å². The van der Waals surface area contributed by atoms with Crippen molar-refractivity contribution >= 4 is 5.82 Å². The molecule has 2 N–H and O–H groups in total. The predicted octanol–water partition coefficient (Wildman–Crippen LogP) is -0.209. The first kappa shape index (κ1) is 12.5. The van der Waals surface area contributed by atoms with E-state index in [1.54, 1.807) is 0 Å². The van der Waals surface area contributed by atoms with Crippen molar-refractivity contribution in [1.82, 2.24) is 9.55 Å². The van der Waals surface area contributed by atoms with Gasteiger partial charge in [-0.05, 0) is 4.92 Å². The molecule has 0 radical (unpaired) electrons. The number of imidazole rings is 1. The molecule has 0 saturated heterocycles. The van der Waals surface area contributed by atoms with E-state index in [-0.39, 0.29) is 12.4 Å². The third-order valence-corrected chi connectivity index (χ3v) is 2.19. The van der Waals surface area contributed by atoms with Gasteiger partial charge in [-0.25, -0.2) is 13.9 Å². The van der Waals surface area contributed by atoms with Crippen LogP contribution in [0.1, 0.15) is 5.82 Å². The number of rotatable bonds is 5. The molecule has 0 aliphatic carbocycles. The summed E-state index contributed by atoms with van der Waals surface area (Å²) < 4.78 is 13.2. The highest BCUT2D eigenvalue weighted by Gasteiger charge is 2.24. The van der Waals surface area contributed by atoms with Crippen LogP contribution in [0.15, 0.2) is 6.20 Å². The number of nitro groups is 1. The zero-order valence-corrected chi connectivity index (χ0v) is 8.58. The molecule has 0 aliphatic heterocycles. The van der Waals surface area contributed by atoms with Crippen molar-refractivity contribution in [3.8, 4) is 0 Å². The van der Waals surface area contributed by atoms with Crippen molar-refractivity contribution in [3.05, 3.63) is 22.1 Å². The number of halogens is 1. The number of hydrogen-bond acceptors (Lipinski definition) is 5. The van der Waals surface area contributed by atoms with Crippen LogP contribution >= 0.6 is 0 Å². The lowest BCUT2D eigenvalue weighted by Crippen LogP contribution is -2.32. The van der Waals surface area contributed by atoms with Crippen molar-refractivity contribution in [3.63, 3.8) is 0 Å². The molecule has 1 rings (SSSR count). The Morgan fingerprint density at radius 2 is 2.25 bits per heavy atom. The monoisotopic (exact) mass is 232 g/mol. The lowest BCUT2D eigenvalue weighted by molar-refractivity contribution is -0.392. The molecule has 1 aromatic rings. The van der Waals surface area contributed by atoms with Gasteiger partial charge in [-0.3, -0.25) is 0 Å². The third kappa shape index (κ3) is 2.52. The average molecular weight is 232 g/mol. The summed E-state index contributed by atoms with van der Waals surface area (Å²) in [5.74, 6) is 0.0133. The standard InChI is InChI=1S/C8H12FN3O4/c1-5-10-3-8(12(15)16)11(5)4-7(14)6(13)2-9/h3,6-7,13-14H,2,4H2,1H3/i9-1. The Morgan fingerprint density at radius 1 is 1.62 bits per heavy atom. The second-order valence-corrected chi connectivity index (χ2v) is 3.32. The van der Waals surface area contributed by atoms with Gasteiger partial charge in [-0.1, -0.05) is 0 Å². The summed E-state index contributed by atoms with van der Waals surface area (Å²) in [5, 5.41) is 29.0. The number of aliphatic hydroxyl groups is 2. The molecule has 0 aliphatic rings. The summed E-state index contributed by atoms with van der Waals surface area (Å²) >= 11 is 0. The molecule has 7 nitrogen and oxygen atoms in total. The first-order valence-corrected chi connectivity index (χ1v) is 4.56. The minimum Gasteiger partial charge on any atom is -0.388 e. The van der Waals surface area contributed by atoms with Gasteiger partial charge in [0.15, 0.2) is 5.82 Å². The maximum atomic E-state index is 12.1. The van der Waals surface area contributed by atoms with E-state index < -0.39 is 23.8 Å². The molecule has 0 amide bonds. The maximum Gasteiger partial charge on any atom is 0.342 e. The molecule has 0 fully saturated rings. The smallest absolute Gasteiger partial charge is 0.342 e. The van der Waals surface area contributed by atoms with Gasteiger partial charge in [0.05, 0.1) is 0 Å². The molecule has 2 unspecified atom stereocenters. The Balaban J connectivity index is 2.87. The fourth-order valence-electron chi connectivity index (χ4n) is 1.24. The predicted molar refractivity (Wildman–Crippen MR) is 51.6 cm³/mol. The Hall–Kier alpha value is -1.54. The highest BCUT2D eigenvalue weighted by molar-refractivity contribution is 5.18. The molecular weight excluding hydrogens is 220 g/mol. The van der Waals surface area contributed by atoms with E-state index in [4.69, 9.17) is 5.11 Å². The number of nitrogens with zero attached hydrogens (tertiary/aromatic N) is 3. The van der Waals surface area contributed by atoms with E-state index in [0.717, 1.165) is 10.8 Å². The maximum absolute atomic E-state index is 12.1. The van der Waals surface area contributed by atoms with Crippen molar-refractivity contribution in [2.24, 2.45) is 0 Å². The Morgan fingerprint density at radius 3 is 2.75 bits per heavy atom. The van der Waals surface area contributed by atoms with Gasteiger partial charge >= 0.3 is 5.82 Å². The van der Waals surface area contributed by atoms with E-state index >= 15 is 0 Å². The topological polar surface area (TPSA) is 101 Å². The van der Waals surface area contributed by atoms with E-state index in [9.17, 15) is 19.6 Å². The van der Waals surface area contributed by atoms with Gasteiger partial charge in [0, 0.05) is 6.92 Å². The number of alkyl halides is 1. The SMILES string of the molecule is Cc1ncc([N+](=O)[O-])n1CC(O)C(O)C[18F]. The highest BCUT2D eigenvalue weighted by Crippen LogP contribution is 2.15. The largest absolute Gasteiger partial charge is 0.388 e. The fourth-order valence-corrected chi connectivity index (χ4v) is 1.24. The molecule has 1 heterocycles. The third-order valence-electron chi connectivity index (χ3n) is 2.19. The molecule has 0 spiro atoms. The molecule has 0 aromatic carbocycles. The molecule has 0 saturated carbocycles. The zero-order chi connectivity index (χ0) is 12.3. The van der Waals surface area contributed by atoms with Crippen molar-refractivity contribution in [2.45, 2.75) is 25.7 Å². The summed E-state index contributed by atoms with van der Waals surface area (Å²) in [5.41, 5.74) is 0. The van der Waals surface area contributed by atoms with Crippen LogP contribution in [0.2, 0.25) is 0 Å². The van der Waals surface area contributed by atoms with Gasteiger partial charge in [0.1, 0.15) is 31.6 Å². The van der Waals surface area contributed by atoms with Gasteiger partial charge in [0.2, 0.25) is 0 Å². The van der Waals surface area contributed by atoms with Crippen LogP contribution in [0.5, 0.6) is 0 Å². The zero-order valence-electron chi connectivity index (χ0n) is 8.58. The Bertz CT molecular complexity index is 381. The van der Waals surface area contributed by atoms with Crippen molar-refractivity contribution in [1.29, 1.82) is 0 Å². The summed E-state index contributed by atoms with van der Waals surface area (Å²) in [6.07, 6.45) is -1.91. The number of aromatic nitrogens is 2. The van der Waals surface area contributed by atoms with Crippen LogP contribution in [0.4, 0.5) is 10.2 Å². The Labute approximate surface area is 90.3 Å². The van der Waals surface area contributed by atoms with E-state index in [2.05, 4.69) is 4.98 Å². The van der Waals surface area contributed by atoms with Gasteiger partial charge in [-0.2, -0.15) is 0 Å². The molecule has 90 valence electrons. The summed E-state index contributed by atoms with van der Waals surface area (Å²) in [6, 6.07) is 0. The van der Waals surface area contributed by atoms with Gasteiger partial charge in [0.25, 0.3) is 0 Å². The normalized spacial score (nSPS) is 14.8. The van der Waals surface area contributed by atoms with Crippen molar-refractivity contribution in [2.75, 3.05) is 6.67 Å². The summed E-state index contributed by atoms with van der Waals surface area (Å²) in [4.78, 5) is 13.6.